The number of benzene rings is 1. The molecule has 2 rings (SSSR count). The van der Waals surface area contributed by atoms with Crippen molar-refractivity contribution >= 4 is 34.0 Å². The average Bonchev–Trinajstić information content (AvgIpc) is 2.93. The van der Waals surface area contributed by atoms with Gasteiger partial charge in [0, 0.05) is 23.6 Å². The largest absolute Gasteiger partial charge is 0.411 e. The molecule has 140 valence electrons. The molecule has 0 fully saturated rings. The van der Waals surface area contributed by atoms with E-state index in [0.29, 0.717) is 0 Å². The molecular formula is C15H13F4N3O3S. The minimum Gasteiger partial charge on any atom is -0.362 e. The second-order valence-corrected chi connectivity index (χ2v) is 5.93. The van der Waals surface area contributed by atoms with Crippen LogP contribution in [-0.4, -0.2) is 36.2 Å². The minimum absolute atomic E-state index is 0.0888. The first-order chi connectivity index (χ1) is 12.1. The quantitative estimate of drug-likeness (QED) is 0.740. The highest BCUT2D eigenvalue weighted by molar-refractivity contribution is 7.14. The standard InChI is InChI=1S/C15H13F4N3O3S/c1-8(23)20-9-2-3-10(11(16)4-9)12-6-26-14(21-12)22-13(24)5-25-7-15(17,18)19/h2-4,6H,5,7H2,1H3,(H,20,23)(H,21,22,24). The number of hydrogen-bond donors (Lipinski definition) is 2. The number of rotatable bonds is 6. The van der Waals surface area contributed by atoms with E-state index in [2.05, 4.69) is 20.4 Å². The predicted molar refractivity (Wildman–Crippen MR) is 87.3 cm³/mol. The number of aromatic nitrogens is 1. The van der Waals surface area contributed by atoms with Crippen molar-refractivity contribution in [2.45, 2.75) is 13.1 Å². The van der Waals surface area contributed by atoms with Crippen molar-refractivity contribution in [3.63, 3.8) is 0 Å². The Morgan fingerprint density at radius 3 is 2.62 bits per heavy atom. The maximum atomic E-state index is 14.1. The van der Waals surface area contributed by atoms with E-state index in [1.54, 1.807) is 0 Å². The van der Waals surface area contributed by atoms with Crippen LogP contribution >= 0.6 is 11.3 Å². The lowest BCUT2D eigenvalue weighted by Crippen LogP contribution is -2.23. The highest BCUT2D eigenvalue weighted by atomic mass is 32.1. The van der Waals surface area contributed by atoms with Crippen molar-refractivity contribution < 1.29 is 31.9 Å². The molecule has 26 heavy (non-hydrogen) atoms. The van der Waals surface area contributed by atoms with Crippen LogP contribution in [0.4, 0.5) is 28.4 Å². The fourth-order valence-corrected chi connectivity index (χ4v) is 2.60. The number of carbonyl (C=O) groups is 2. The van der Waals surface area contributed by atoms with Crippen molar-refractivity contribution in [3.8, 4) is 11.3 Å². The maximum Gasteiger partial charge on any atom is 0.411 e. The van der Waals surface area contributed by atoms with Crippen LogP contribution in [0.5, 0.6) is 0 Å². The number of thiazole rings is 1. The summed E-state index contributed by atoms with van der Waals surface area (Å²) in [4.78, 5) is 26.5. The van der Waals surface area contributed by atoms with Gasteiger partial charge in [-0.3, -0.25) is 14.9 Å². The lowest BCUT2D eigenvalue weighted by atomic mass is 10.1. The molecule has 0 bridgehead atoms. The highest BCUT2D eigenvalue weighted by Gasteiger charge is 2.27. The SMILES string of the molecule is CC(=O)Nc1ccc(-c2csc(NC(=O)COCC(F)(F)F)n2)c(F)c1. The number of ether oxygens (including phenoxy) is 1. The van der Waals surface area contributed by atoms with E-state index in [1.165, 1.54) is 24.4 Å². The number of hydrogen-bond acceptors (Lipinski definition) is 5. The molecule has 0 saturated carbocycles. The lowest BCUT2D eigenvalue weighted by molar-refractivity contribution is -0.174. The Labute approximate surface area is 149 Å². The van der Waals surface area contributed by atoms with E-state index in [9.17, 15) is 27.2 Å². The monoisotopic (exact) mass is 391 g/mol. The Morgan fingerprint density at radius 1 is 1.27 bits per heavy atom. The van der Waals surface area contributed by atoms with Gasteiger partial charge >= 0.3 is 6.18 Å². The van der Waals surface area contributed by atoms with Crippen molar-refractivity contribution in [3.05, 3.63) is 29.4 Å². The normalized spacial score (nSPS) is 11.3. The molecule has 1 aromatic heterocycles. The molecule has 0 saturated heterocycles. The van der Waals surface area contributed by atoms with E-state index < -0.39 is 31.1 Å². The lowest BCUT2D eigenvalue weighted by Gasteiger charge is -2.07. The van der Waals surface area contributed by atoms with E-state index in [4.69, 9.17) is 0 Å². The third kappa shape index (κ3) is 6.08. The molecule has 0 unspecified atom stereocenters. The number of nitrogens with zero attached hydrogens (tertiary/aromatic N) is 1. The summed E-state index contributed by atoms with van der Waals surface area (Å²) in [5, 5.41) is 6.27. The van der Waals surface area contributed by atoms with Gasteiger partial charge in [-0.05, 0) is 18.2 Å². The van der Waals surface area contributed by atoms with Crippen LogP contribution in [-0.2, 0) is 14.3 Å². The van der Waals surface area contributed by atoms with Gasteiger partial charge in [0.15, 0.2) is 5.13 Å². The molecule has 2 amide bonds. The summed E-state index contributed by atoms with van der Waals surface area (Å²) in [6, 6.07) is 4.02. The summed E-state index contributed by atoms with van der Waals surface area (Å²) in [6.45, 7) is -1.02. The van der Waals surface area contributed by atoms with Crippen LogP contribution in [0.15, 0.2) is 23.6 Å². The smallest absolute Gasteiger partial charge is 0.362 e. The first kappa shape index (κ1) is 19.8. The Bertz CT molecular complexity index is 808. The molecule has 1 aromatic carbocycles. The number of anilines is 2. The summed E-state index contributed by atoms with van der Waals surface area (Å²) in [6.07, 6.45) is -4.52. The van der Waals surface area contributed by atoms with Gasteiger partial charge in [0.2, 0.25) is 5.91 Å². The molecule has 6 nitrogen and oxygen atoms in total. The molecule has 1 heterocycles. The van der Waals surface area contributed by atoms with E-state index >= 15 is 0 Å². The van der Waals surface area contributed by atoms with Gasteiger partial charge < -0.3 is 10.1 Å². The van der Waals surface area contributed by atoms with Gasteiger partial charge in [-0.25, -0.2) is 9.37 Å². The predicted octanol–water partition coefficient (Wildman–Crippen LogP) is 3.43. The molecule has 0 atom stereocenters. The van der Waals surface area contributed by atoms with Crippen molar-refractivity contribution in [1.29, 1.82) is 0 Å². The van der Waals surface area contributed by atoms with Gasteiger partial charge in [-0.1, -0.05) is 0 Å². The molecular weight excluding hydrogens is 378 g/mol. The topological polar surface area (TPSA) is 80.3 Å². The zero-order valence-corrected chi connectivity index (χ0v) is 14.1. The van der Waals surface area contributed by atoms with Crippen LogP contribution in [0.1, 0.15) is 6.92 Å². The molecule has 11 heteroatoms. The van der Waals surface area contributed by atoms with Gasteiger partial charge in [0.25, 0.3) is 5.91 Å². The summed E-state index contributed by atoms with van der Waals surface area (Å²) in [5.74, 6) is -1.78. The zero-order valence-electron chi connectivity index (χ0n) is 13.3. The fraction of sp³-hybridized carbons (Fsp3) is 0.267. The van der Waals surface area contributed by atoms with E-state index in [-0.39, 0.29) is 28.0 Å². The first-order valence-corrected chi connectivity index (χ1v) is 7.99. The van der Waals surface area contributed by atoms with Crippen LogP contribution in [0.25, 0.3) is 11.3 Å². The van der Waals surface area contributed by atoms with Gasteiger partial charge in [0.05, 0.1) is 5.69 Å². The van der Waals surface area contributed by atoms with E-state index in [1.807, 2.05) is 0 Å². The molecule has 0 spiro atoms. The Morgan fingerprint density at radius 2 is 2.00 bits per heavy atom. The zero-order chi connectivity index (χ0) is 19.3. The Kier molecular flexibility index (Phi) is 6.27. The fourth-order valence-electron chi connectivity index (χ4n) is 1.87. The number of halogens is 4. The van der Waals surface area contributed by atoms with Crippen molar-refractivity contribution in [2.75, 3.05) is 23.8 Å². The number of carbonyl (C=O) groups excluding carboxylic acids is 2. The van der Waals surface area contributed by atoms with E-state index in [0.717, 1.165) is 17.4 Å². The first-order valence-electron chi connectivity index (χ1n) is 7.11. The number of amides is 2. The summed E-state index contributed by atoms with van der Waals surface area (Å²) < 4.78 is 54.2. The van der Waals surface area contributed by atoms with Gasteiger partial charge in [-0.15, -0.1) is 11.3 Å². The average molecular weight is 391 g/mol. The summed E-state index contributed by atoms with van der Waals surface area (Å²) in [5.41, 5.74) is 0.655. The summed E-state index contributed by atoms with van der Waals surface area (Å²) >= 11 is 0.978. The second kappa shape index (κ2) is 8.23. The number of alkyl halides is 3. The second-order valence-electron chi connectivity index (χ2n) is 5.07. The third-order valence-corrected chi connectivity index (χ3v) is 3.57. The van der Waals surface area contributed by atoms with Gasteiger partial charge in [0.1, 0.15) is 19.0 Å². The third-order valence-electron chi connectivity index (χ3n) is 2.81. The molecule has 0 radical (unpaired) electrons. The Hall–Kier alpha value is -2.53. The maximum absolute atomic E-state index is 14.1. The molecule has 2 N–H and O–H groups in total. The molecule has 0 aliphatic heterocycles. The number of nitrogens with one attached hydrogen (secondary N) is 2. The Balaban J connectivity index is 1.99. The van der Waals surface area contributed by atoms with Crippen molar-refractivity contribution in [2.24, 2.45) is 0 Å². The molecule has 0 aliphatic carbocycles. The van der Waals surface area contributed by atoms with Gasteiger partial charge in [-0.2, -0.15) is 13.2 Å². The molecule has 0 aliphatic rings. The highest BCUT2D eigenvalue weighted by Crippen LogP contribution is 2.28. The van der Waals surface area contributed by atoms with Crippen LogP contribution in [0.2, 0.25) is 0 Å². The van der Waals surface area contributed by atoms with Crippen molar-refractivity contribution in [1.82, 2.24) is 4.98 Å². The molecule has 2 aromatic rings. The minimum atomic E-state index is -4.52. The summed E-state index contributed by atoms with van der Waals surface area (Å²) in [7, 11) is 0. The van der Waals surface area contributed by atoms with Crippen LogP contribution in [0.3, 0.4) is 0 Å². The van der Waals surface area contributed by atoms with Crippen LogP contribution in [0, 0.1) is 5.82 Å². The van der Waals surface area contributed by atoms with Crippen LogP contribution < -0.4 is 10.6 Å².